The number of carbonyl (C=O) groups excluding carboxylic acids is 1. The maximum absolute atomic E-state index is 12.2. The maximum atomic E-state index is 12.2. The van der Waals surface area contributed by atoms with E-state index in [1.54, 1.807) is 0 Å². The lowest BCUT2D eigenvalue weighted by Gasteiger charge is -2.06. The Morgan fingerprint density at radius 2 is 2.29 bits per heavy atom. The first-order chi connectivity index (χ1) is 6.39. The summed E-state index contributed by atoms with van der Waals surface area (Å²) in [4.78, 5) is 7.00. The number of alkyl halides is 3. The molecule has 0 saturated heterocycles. The fraction of sp³-hybridized carbons (Fsp3) is 0.400. The quantitative estimate of drug-likeness (QED) is 0.769. The van der Waals surface area contributed by atoms with Crippen LogP contribution in [0.4, 0.5) is 14.8 Å². The zero-order valence-corrected chi connectivity index (χ0v) is 8.22. The van der Waals surface area contributed by atoms with Gasteiger partial charge in [-0.15, -0.1) is 5.10 Å². The van der Waals surface area contributed by atoms with Crippen LogP contribution in [0.1, 0.15) is 5.89 Å². The molecular formula is C5H5BrF2N4O2. The van der Waals surface area contributed by atoms with E-state index in [2.05, 4.69) is 14.6 Å². The first-order valence-corrected chi connectivity index (χ1v) is 4.12. The van der Waals surface area contributed by atoms with Crippen LogP contribution in [0.2, 0.25) is 0 Å². The van der Waals surface area contributed by atoms with Gasteiger partial charge >= 0.3 is 16.8 Å². The largest absolute Gasteiger partial charge is 0.406 e. The van der Waals surface area contributed by atoms with E-state index in [-0.39, 0.29) is 18.5 Å². The Morgan fingerprint density at radius 1 is 1.64 bits per heavy atom. The lowest BCUT2D eigenvalue weighted by atomic mass is 10.5. The van der Waals surface area contributed by atoms with Gasteiger partial charge in [-0.05, 0) is 0 Å². The summed E-state index contributed by atoms with van der Waals surface area (Å²) in [5, 5.41) is 8.49. The fourth-order valence-corrected chi connectivity index (χ4v) is 0.734. The van der Waals surface area contributed by atoms with E-state index in [0.29, 0.717) is 0 Å². The molecule has 3 N–H and O–H groups in total. The van der Waals surface area contributed by atoms with Crippen molar-refractivity contribution < 1.29 is 18.0 Å². The monoisotopic (exact) mass is 270 g/mol. The minimum Gasteiger partial charge on any atom is -0.406 e. The highest BCUT2D eigenvalue weighted by atomic mass is 79.9. The number of halogens is 3. The van der Waals surface area contributed by atoms with Gasteiger partial charge in [0.15, 0.2) is 0 Å². The van der Waals surface area contributed by atoms with Crippen LogP contribution in [0.25, 0.3) is 0 Å². The number of nitrogens with zero attached hydrogens (tertiary/aromatic N) is 2. The number of nitrogens with one attached hydrogen (secondary N) is 1. The predicted octanol–water partition coefficient (Wildman–Crippen LogP) is 0.256. The van der Waals surface area contributed by atoms with Crippen LogP contribution >= 0.6 is 15.9 Å². The highest BCUT2D eigenvalue weighted by Gasteiger charge is 2.34. The summed E-state index contributed by atoms with van der Waals surface area (Å²) < 4.78 is 29.1. The average Bonchev–Trinajstić information content (AvgIpc) is 2.45. The Morgan fingerprint density at radius 3 is 2.71 bits per heavy atom. The summed E-state index contributed by atoms with van der Waals surface area (Å²) in [7, 11) is 0. The number of hydrogen-bond acceptors (Lipinski definition) is 5. The molecule has 0 aliphatic heterocycles. The third-order valence-corrected chi connectivity index (χ3v) is 1.50. The van der Waals surface area contributed by atoms with Crippen molar-refractivity contribution in [2.24, 2.45) is 0 Å². The van der Waals surface area contributed by atoms with Gasteiger partial charge in [-0.3, -0.25) is 4.79 Å². The SMILES string of the molecule is Nc1nnc(CNC(=O)C(F)(F)Br)o1. The minimum absolute atomic E-state index is 0.0485. The van der Waals surface area contributed by atoms with Crippen molar-refractivity contribution in [3.63, 3.8) is 0 Å². The number of rotatable bonds is 3. The molecule has 9 heteroatoms. The highest BCUT2D eigenvalue weighted by molar-refractivity contribution is 9.10. The van der Waals surface area contributed by atoms with Crippen LogP contribution in [0.3, 0.4) is 0 Å². The van der Waals surface area contributed by atoms with Crippen molar-refractivity contribution in [3.05, 3.63) is 5.89 Å². The Balaban J connectivity index is 2.46. The van der Waals surface area contributed by atoms with Crippen molar-refractivity contribution >= 4 is 27.9 Å². The summed E-state index contributed by atoms with van der Waals surface area (Å²) in [6.45, 7) is -0.301. The summed E-state index contributed by atoms with van der Waals surface area (Å²) in [6.07, 6.45) is 0. The molecule has 6 nitrogen and oxygen atoms in total. The number of aromatic nitrogens is 2. The van der Waals surface area contributed by atoms with Crippen LogP contribution in [0.5, 0.6) is 0 Å². The summed E-state index contributed by atoms with van der Waals surface area (Å²) in [5.41, 5.74) is 5.06. The van der Waals surface area contributed by atoms with E-state index in [0.717, 1.165) is 0 Å². The molecule has 1 aromatic heterocycles. The Labute approximate surface area is 85.0 Å². The Hall–Kier alpha value is -1.25. The molecule has 0 radical (unpaired) electrons. The fourth-order valence-electron chi connectivity index (χ4n) is 0.594. The normalized spacial score (nSPS) is 11.4. The molecular weight excluding hydrogens is 266 g/mol. The van der Waals surface area contributed by atoms with Gasteiger partial charge in [0.2, 0.25) is 5.89 Å². The second-order valence-corrected chi connectivity index (χ2v) is 3.21. The van der Waals surface area contributed by atoms with Gasteiger partial charge in [-0.25, -0.2) is 0 Å². The van der Waals surface area contributed by atoms with Crippen molar-refractivity contribution in [1.29, 1.82) is 0 Å². The van der Waals surface area contributed by atoms with Crippen molar-refractivity contribution in [2.45, 2.75) is 11.4 Å². The molecule has 0 aromatic carbocycles. The first kappa shape index (κ1) is 10.8. The van der Waals surface area contributed by atoms with Crippen LogP contribution in [-0.4, -0.2) is 20.9 Å². The smallest absolute Gasteiger partial charge is 0.377 e. The third-order valence-electron chi connectivity index (χ3n) is 1.14. The zero-order valence-electron chi connectivity index (χ0n) is 6.63. The molecule has 0 saturated carbocycles. The topological polar surface area (TPSA) is 94.0 Å². The first-order valence-electron chi connectivity index (χ1n) is 3.32. The second-order valence-electron chi connectivity index (χ2n) is 2.21. The van der Waals surface area contributed by atoms with E-state index < -0.39 is 10.7 Å². The molecule has 0 aliphatic carbocycles. The Bertz CT molecular complexity index is 337. The molecule has 78 valence electrons. The molecule has 0 fully saturated rings. The van der Waals surface area contributed by atoms with Gasteiger partial charge in [0, 0.05) is 15.9 Å². The van der Waals surface area contributed by atoms with Crippen molar-refractivity contribution in [2.75, 3.05) is 5.73 Å². The molecule has 0 bridgehead atoms. The molecule has 0 unspecified atom stereocenters. The summed E-state index contributed by atoms with van der Waals surface area (Å²) in [6, 6.07) is -0.195. The predicted molar refractivity (Wildman–Crippen MR) is 44.4 cm³/mol. The minimum atomic E-state index is -3.61. The van der Waals surface area contributed by atoms with Gasteiger partial charge in [-0.1, -0.05) is 5.10 Å². The average molecular weight is 271 g/mol. The molecule has 0 aliphatic rings. The molecule has 1 amide bonds. The van der Waals surface area contributed by atoms with E-state index in [1.807, 2.05) is 21.2 Å². The maximum Gasteiger partial charge on any atom is 0.377 e. The highest BCUT2D eigenvalue weighted by Crippen LogP contribution is 2.21. The van der Waals surface area contributed by atoms with Crippen LogP contribution < -0.4 is 11.1 Å². The number of nitrogen functional groups attached to an aromatic ring is 1. The van der Waals surface area contributed by atoms with E-state index in [1.165, 1.54) is 0 Å². The number of nitrogens with two attached hydrogens (primary N) is 1. The standard InChI is InChI=1S/C5H5BrF2N4O2/c6-5(7,8)3(13)10-1-2-11-12-4(9)14-2/h1H2,(H2,9,12)(H,10,13). The lowest BCUT2D eigenvalue weighted by molar-refractivity contribution is -0.134. The summed E-state index contributed by atoms with van der Waals surface area (Å²) >= 11 is 1.89. The number of anilines is 1. The zero-order chi connectivity index (χ0) is 10.8. The van der Waals surface area contributed by atoms with Crippen LogP contribution in [-0.2, 0) is 11.3 Å². The number of hydrogen-bond donors (Lipinski definition) is 2. The van der Waals surface area contributed by atoms with Gasteiger partial charge in [0.1, 0.15) is 0 Å². The number of amides is 1. The molecule has 0 atom stereocenters. The van der Waals surface area contributed by atoms with E-state index in [9.17, 15) is 13.6 Å². The van der Waals surface area contributed by atoms with Crippen molar-refractivity contribution in [3.8, 4) is 0 Å². The molecule has 0 spiro atoms. The molecule has 1 heterocycles. The van der Waals surface area contributed by atoms with Gasteiger partial charge in [-0.2, -0.15) is 8.78 Å². The van der Waals surface area contributed by atoms with Crippen molar-refractivity contribution in [1.82, 2.24) is 15.5 Å². The molecule has 14 heavy (non-hydrogen) atoms. The van der Waals surface area contributed by atoms with Gasteiger partial charge in [0.25, 0.3) is 0 Å². The second kappa shape index (κ2) is 3.86. The van der Waals surface area contributed by atoms with Gasteiger partial charge in [0.05, 0.1) is 6.54 Å². The van der Waals surface area contributed by atoms with Crippen LogP contribution in [0, 0.1) is 0 Å². The number of carbonyl (C=O) groups is 1. The molecule has 1 rings (SSSR count). The van der Waals surface area contributed by atoms with E-state index >= 15 is 0 Å². The third kappa shape index (κ3) is 2.91. The van der Waals surface area contributed by atoms with Crippen LogP contribution in [0.15, 0.2) is 4.42 Å². The Kier molecular flexibility index (Phi) is 2.99. The van der Waals surface area contributed by atoms with Gasteiger partial charge < -0.3 is 15.5 Å². The van der Waals surface area contributed by atoms with E-state index in [4.69, 9.17) is 5.73 Å². The summed E-state index contributed by atoms with van der Waals surface area (Å²) in [5.74, 6) is -1.54. The molecule has 1 aromatic rings. The lowest BCUT2D eigenvalue weighted by Crippen LogP contribution is -2.35.